The van der Waals surface area contributed by atoms with Crippen molar-refractivity contribution in [2.24, 2.45) is 0 Å². The molecule has 16 heavy (non-hydrogen) atoms. The highest BCUT2D eigenvalue weighted by Crippen LogP contribution is 2.19. The summed E-state index contributed by atoms with van der Waals surface area (Å²) in [6.07, 6.45) is 0. The van der Waals surface area contributed by atoms with Crippen molar-refractivity contribution in [2.75, 3.05) is 32.4 Å². The second-order valence-electron chi connectivity index (χ2n) is 4.18. The molecule has 1 aliphatic heterocycles. The molecule has 0 spiro atoms. The van der Waals surface area contributed by atoms with E-state index >= 15 is 0 Å². The van der Waals surface area contributed by atoms with Crippen molar-refractivity contribution in [2.45, 2.75) is 10.9 Å². The first kappa shape index (κ1) is 11.9. The van der Waals surface area contributed by atoms with E-state index in [-0.39, 0.29) is 5.82 Å². The lowest BCUT2D eigenvalue weighted by Crippen LogP contribution is -2.50. The molecule has 1 saturated heterocycles. The first-order valence-electron chi connectivity index (χ1n) is 5.54. The number of halogens is 1. The molecule has 2 nitrogen and oxygen atoms in total. The van der Waals surface area contributed by atoms with Crippen LogP contribution in [0.3, 0.4) is 0 Å². The van der Waals surface area contributed by atoms with E-state index in [1.165, 1.54) is 12.1 Å². The Bertz CT molecular complexity index is 328. The van der Waals surface area contributed by atoms with Gasteiger partial charge in [-0.25, -0.2) is 4.39 Å². The molecule has 4 heteroatoms. The fourth-order valence-electron chi connectivity index (χ4n) is 1.83. The SMILES string of the molecule is CN1CCNC(CSc2ccc(F)cc2)C1. The molecule has 1 aromatic rings. The van der Waals surface area contributed by atoms with E-state index in [4.69, 9.17) is 0 Å². The number of piperazine rings is 1. The Morgan fingerprint density at radius 3 is 2.88 bits per heavy atom. The van der Waals surface area contributed by atoms with Gasteiger partial charge in [0.1, 0.15) is 5.82 Å². The van der Waals surface area contributed by atoms with Crippen LogP contribution < -0.4 is 5.32 Å². The van der Waals surface area contributed by atoms with Crippen LogP contribution in [0.2, 0.25) is 0 Å². The molecule has 1 unspecified atom stereocenters. The fourth-order valence-corrected chi connectivity index (χ4v) is 2.78. The van der Waals surface area contributed by atoms with E-state index in [0.29, 0.717) is 6.04 Å². The van der Waals surface area contributed by atoms with Crippen LogP contribution >= 0.6 is 11.8 Å². The smallest absolute Gasteiger partial charge is 0.123 e. The second-order valence-corrected chi connectivity index (χ2v) is 5.27. The van der Waals surface area contributed by atoms with Crippen molar-refractivity contribution >= 4 is 11.8 Å². The minimum atomic E-state index is -0.167. The van der Waals surface area contributed by atoms with Crippen LogP contribution in [-0.4, -0.2) is 43.4 Å². The highest BCUT2D eigenvalue weighted by Gasteiger charge is 2.16. The van der Waals surface area contributed by atoms with Gasteiger partial charge in [-0.3, -0.25) is 0 Å². The topological polar surface area (TPSA) is 15.3 Å². The molecule has 0 aromatic heterocycles. The Kier molecular flexibility index (Phi) is 4.21. The highest BCUT2D eigenvalue weighted by molar-refractivity contribution is 7.99. The molecule has 1 atom stereocenters. The summed E-state index contributed by atoms with van der Waals surface area (Å²) < 4.78 is 12.7. The lowest BCUT2D eigenvalue weighted by Gasteiger charge is -2.30. The molecule has 1 heterocycles. The molecule has 2 rings (SSSR count). The average molecular weight is 240 g/mol. The molecule has 0 saturated carbocycles. The van der Waals surface area contributed by atoms with E-state index in [0.717, 1.165) is 30.3 Å². The number of nitrogens with one attached hydrogen (secondary N) is 1. The number of thioether (sulfide) groups is 1. The maximum atomic E-state index is 12.7. The van der Waals surface area contributed by atoms with Crippen LogP contribution in [0.1, 0.15) is 0 Å². The van der Waals surface area contributed by atoms with Crippen LogP contribution in [0.4, 0.5) is 4.39 Å². The van der Waals surface area contributed by atoms with Gasteiger partial charge in [-0.05, 0) is 31.3 Å². The summed E-state index contributed by atoms with van der Waals surface area (Å²) in [5.74, 6) is 0.871. The van der Waals surface area contributed by atoms with Crippen molar-refractivity contribution in [1.29, 1.82) is 0 Å². The largest absolute Gasteiger partial charge is 0.311 e. The van der Waals surface area contributed by atoms with E-state index in [2.05, 4.69) is 17.3 Å². The predicted octanol–water partition coefficient (Wildman–Crippen LogP) is 1.82. The summed E-state index contributed by atoms with van der Waals surface area (Å²) in [4.78, 5) is 3.48. The lowest BCUT2D eigenvalue weighted by molar-refractivity contribution is 0.250. The van der Waals surface area contributed by atoms with E-state index in [1.54, 1.807) is 11.8 Å². The first-order valence-corrected chi connectivity index (χ1v) is 6.53. The maximum Gasteiger partial charge on any atom is 0.123 e. The van der Waals surface area contributed by atoms with E-state index in [9.17, 15) is 4.39 Å². The van der Waals surface area contributed by atoms with Gasteiger partial charge in [-0.1, -0.05) is 0 Å². The number of likely N-dealkylation sites (N-methyl/N-ethyl adjacent to an activating group) is 1. The van der Waals surface area contributed by atoms with Gasteiger partial charge in [0.15, 0.2) is 0 Å². The molecule has 0 bridgehead atoms. The normalized spacial score (nSPS) is 22.2. The zero-order valence-electron chi connectivity index (χ0n) is 9.45. The van der Waals surface area contributed by atoms with Crippen LogP contribution in [0.5, 0.6) is 0 Å². The Hall–Kier alpha value is -0.580. The summed E-state index contributed by atoms with van der Waals surface area (Å²) in [6, 6.07) is 7.25. The molecule has 1 N–H and O–H groups in total. The standard InChI is InChI=1S/C12H17FN2S/c1-15-7-6-14-11(8-15)9-16-12-4-2-10(13)3-5-12/h2-5,11,14H,6-9H2,1H3. The zero-order chi connectivity index (χ0) is 11.4. The van der Waals surface area contributed by atoms with Crippen LogP contribution in [0.15, 0.2) is 29.2 Å². The third kappa shape index (κ3) is 3.47. The molecular formula is C12H17FN2S. The van der Waals surface area contributed by atoms with Gasteiger partial charge in [0.05, 0.1) is 0 Å². The minimum Gasteiger partial charge on any atom is -0.311 e. The summed E-state index contributed by atoms with van der Waals surface area (Å²) in [6.45, 7) is 3.27. The summed E-state index contributed by atoms with van der Waals surface area (Å²) in [7, 11) is 2.15. The van der Waals surface area contributed by atoms with Crippen LogP contribution in [0.25, 0.3) is 0 Å². The van der Waals surface area contributed by atoms with Gasteiger partial charge in [0.25, 0.3) is 0 Å². The molecule has 88 valence electrons. The number of rotatable bonds is 3. The molecule has 1 fully saturated rings. The van der Waals surface area contributed by atoms with Gasteiger partial charge in [0.2, 0.25) is 0 Å². The summed E-state index contributed by atoms with van der Waals surface area (Å²) in [5, 5.41) is 3.49. The molecule has 1 aliphatic rings. The highest BCUT2D eigenvalue weighted by atomic mass is 32.2. The van der Waals surface area contributed by atoms with Gasteiger partial charge < -0.3 is 10.2 Å². The number of nitrogens with zero attached hydrogens (tertiary/aromatic N) is 1. The number of benzene rings is 1. The number of hydrogen-bond donors (Lipinski definition) is 1. The van der Waals surface area contributed by atoms with Gasteiger partial charge in [-0.2, -0.15) is 0 Å². The van der Waals surface area contributed by atoms with Gasteiger partial charge in [0, 0.05) is 36.3 Å². The van der Waals surface area contributed by atoms with Crippen molar-refractivity contribution < 1.29 is 4.39 Å². The molecule has 0 radical (unpaired) electrons. The fraction of sp³-hybridized carbons (Fsp3) is 0.500. The monoisotopic (exact) mass is 240 g/mol. The van der Waals surface area contributed by atoms with E-state index < -0.39 is 0 Å². The maximum absolute atomic E-state index is 12.7. The second kappa shape index (κ2) is 5.66. The van der Waals surface area contributed by atoms with Crippen molar-refractivity contribution in [3.63, 3.8) is 0 Å². The van der Waals surface area contributed by atoms with Crippen molar-refractivity contribution in [3.05, 3.63) is 30.1 Å². The zero-order valence-corrected chi connectivity index (χ0v) is 10.3. The summed E-state index contributed by atoms with van der Waals surface area (Å²) in [5.41, 5.74) is 0. The van der Waals surface area contributed by atoms with Crippen molar-refractivity contribution in [3.8, 4) is 0 Å². The van der Waals surface area contributed by atoms with E-state index in [1.807, 2.05) is 12.1 Å². The van der Waals surface area contributed by atoms with Crippen LogP contribution in [0, 0.1) is 5.82 Å². The summed E-state index contributed by atoms with van der Waals surface area (Å²) >= 11 is 1.78. The average Bonchev–Trinajstić information content (AvgIpc) is 2.28. The Balaban J connectivity index is 1.80. The minimum absolute atomic E-state index is 0.167. The Labute approximate surface area is 100 Å². The van der Waals surface area contributed by atoms with Gasteiger partial charge in [-0.15, -0.1) is 11.8 Å². The lowest BCUT2D eigenvalue weighted by atomic mass is 10.2. The third-order valence-corrected chi connectivity index (χ3v) is 3.90. The van der Waals surface area contributed by atoms with Crippen molar-refractivity contribution in [1.82, 2.24) is 10.2 Å². The quantitative estimate of drug-likeness (QED) is 0.811. The molecule has 0 amide bonds. The molecule has 1 aromatic carbocycles. The van der Waals surface area contributed by atoms with Gasteiger partial charge >= 0.3 is 0 Å². The molecular weight excluding hydrogens is 223 g/mol. The Morgan fingerprint density at radius 2 is 2.19 bits per heavy atom. The first-order chi connectivity index (χ1) is 7.74. The predicted molar refractivity (Wildman–Crippen MR) is 66.4 cm³/mol. The Morgan fingerprint density at radius 1 is 1.44 bits per heavy atom. The number of hydrogen-bond acceptors (Lipinski definition) is 3. The molecule has 0 aliphatic carbocycles. The van der Waals surface area contributed by atoms with Crippen LogP contribution in [-0.2, 0) is 0 Å². The third-order valence-electron chi connectivity index (χ3n) is 2.72.